The van der Waals surface area contributed by atoms with Gasteiger partial charge in [0, 0.05) is 24.5 Å². The minimum Gasteiger partial charge on any atom is -0.480 e. The molecule has 0 aliphatic carbocycles. The Bertz CT molecular complexity index is 1260. The average Bonchev–Trinajstić information content (AvgIpc) is 2.95. The van der Waals surface area contributed by atoms with Crippen LogP contribution in [0.2, 0.25) is 0 Å². The van der Waals surface area contributed by atoms with E-state index in [0.717, 1.165) is 16.8 Å². The highest BCUT2D eigenvalue weighted by Gasteiger charge is 2.21. The SMILES string of the molecule is COC(=O)c1cc(NC(=O)NCCNc2ccccc2)ccc1OC(c1ccccc1)c1ccccc1. The van der Waals surface area contributed by atoms with Crippen LogP contribution >= 0.6 is 0 Å². The van der Waals surface area contributed by atoms with Crippen LogP contribution in [0.4, 0.5) is 16.2 Å². The molecule has 188 valence electrons. The van der Waals surface area contributed by atoms with Crippen LogP contribution in [0.15, 0.2) is 109 Å². The third kappa shape index (κ3) is 7.11. The topological polar surface area (TPSA) is 88.7 Å². The highest BCUT2D eigenvalue weighted by Crippen LogP contribution is 2.32. The lowest BCUT2D eigenvalue weighted by atomic mass is 10.0. The lowest BCUT2D eigenvalue weighted by molar-refractivity contribution is 0.0594. The molecule has 0 aliphatic heterocycles. The van der Waals surface area contributed by atoms with Crippen LogP contribution in [0.25, 0.3) is 0 Å². The zero-order chi connectivity index (χ0) is 25.9. The van der Waals surface area contributed by atoms with Gasteiger partial charge in [0.05, 0.1) is 7.11 Å². The van der Waals surface area contributed by atoms with Crippen LogP contribution in [0.1, 0.15) is 27.6 Å². The Labute approximate surface area is 216 Å². The number of urea groups is 1. The molecule has 0 aliphatic rings. The van der Waals surface area contributed by atoms with Gasteiger partial charge in [-0.1, -0.05) is 78.9 Å². The van der Waals surface area contributed by atoms with Crippen LogP contribution in [0.5, 0.6) is 5.75 Å². The Kier molecular flexibility index (Phi) is 8.75. The predicted molar refractivity (Wildman–Crippen MR) is 145 cm³/mol. The van der Waals surface area contributed by atoms with Gasteiger partial charge in [0.15, 0.2) is 0 Å². The van der Waals surface area contributed by atoms with Crippen molar-refractivity contribution >= 4 is 23.4 Å². The van der Waals surface area contributed by atoms with Crippen molar-refractivity contribution in [3.63, 3.8) is 0 Å². The number of rotatable bonds is 10. The summed E-state index contributed by atoms with van der Waals surface area (Å²) in [7, 11) is 1.31. The fourth-order valence-electron chi connectivity index (χ4n) is 3.81. The molecular formula is C30H29N3O4. The Hall–Kier alpha value is -4.78. The quantitative estimate of drug-likeness (QED) is 0.189. The number of nitrogens with one attached hydrogen (secondary N) is 3. The molecule has 0 fully saturated rings. The van der Waals surface area contributed by atoms with E-state index in [4.69, 9.17) is 9.47 Å². The largest absolute Gasteiger partial charge is 0.480 e. The van der Waals surface area contributed by atoms with Gasteiger partial charge in [-0.2, -0.15) is 0 Å². The maximum atomic E-state index is 12.6. The Morgan fingerprint density at radius 2 is 1.32 bits per heavy atom. The van der Waals surface area contributed by atoms with E-state index in [0.29, 0.717) is 24.5 Å². The van der Waals surface area contributed by atoms with E-state index in [1.807, 2.05) is 91.0 Å². The molecule has 37 heavy (non-hydrogen) atoms. The van der Waals surface area contributed by atoms with Gasteiger partial charge in [-0.3, -0.25) is 0 Å². The number of esters is 1. The Morgan fingerprint density at radius 3 is 1.92 bits per heavy atom. The van der Waals surface area contributed by atoms with Crippen molar-refractivity contribution in [3.05, 3.63) is 126 Å². The lowest BCUT2D eigenvalue weighted by Crippen LogP contribution is -2.32. The second kappa shape index (κ2) is 12.8. The van der Waals surface area contributed by atoms with Gasteiger partial charge in [-0.25, -0.2) is 9.59 Å². The minimum absolute atomic E-state index is 0.211. The fourth-order valence-corrected chi connectivity index (χ4v) is 3.81. The monoisotopic (exact) mass is 495 g/mol. The number of hydrogen-bond acceptors (Lipinski definition) is 5. The second-order valence-electron chi connectivity index (χ2n) is 8.20. The van der Waals surface area contributed by atoms with Gasteiger partial charge in [0.2, 0.25) is 0 Å². The summed E-state index contributed by atoms with van der Waals surface area (Å²) in [6.07, 6.45) is -0.440. The zero-order valence-electron chi connectivity index (χ0n) is 20.5. The van der Waals surface area contributed by atoms with Gasteiger partial charge < -0.3 is 25.4 Å². The normalized spacial score (nSPS) is 10.4. The van der Waals surface area contributed by atoms with Crippen LogP contribution in [0.3, 0.4) is 0 Å². The van der Waals surface area contributed by atoms with Crippen molar-refractivity contribution in [2.24, 2.45) is 0 Å². The summed E-state index contributed by atoms with van der Waals surface area (Å²) in [6, 6.07) is 33.8. The minimum atomic E-state index is -0.564. The summed E-state index contributed by atoms with van der Waals surface area (Å²) in [4.78, 5) is 25.0. The average molecular weight is 496 g/mol. The van der Waals surface area contributed by atoms with Gasteiger partial charge in [0.1, 0.15) is 17.4 Å². The molecule has 0 aromatic heterocycles. The number of methoxy groups -OCH3 is 1. The van der Waals surface area contributed by atoms with E-state index in [9.17, 15) is 9.59 Å². The van der Waals surface area contributed by atoms with Gasteiger partial charge in [0.25, 0.3) is 0 Å². The Morgan fingerprint density at radius 1 is 0.730 bits per heavy atom. The summed E-state index contributed by atoms with van der Waals surface area (Å²) >= 11 is 0. The van der Waals surface area contributed by atoms with Crippen molar-refractivity contribution in [2.45, 2.75) is 6.10 Å². The number of hydrogen-bond donors (Lipinski definition) is 3. The summed E-state index contributed by atoms with van der Waals surface area (Å²) in [5.74, 6) is -0.214. The maximum absolute atomic E-state index is 12.6. The third-order valence-electron chi connectivity index (χ3n) is 5.61. The molecule has 4 rings (SSSR count). The molecule has 0 radical (unpaired) electrons. The first-order valence-electron chi connectivity index (χ1n) is 12.0. The van der Waals surface area contributed by atoms with Crippen molar-refractivity contribution in [3.8, 4) is 5.75 Å². The zero-order valence-corrected chi connectivity index (χ0v) is 20.5. The highest BCUT2D eigenvalue weighted by molar-refractivity contribution is 5.96. The van der Waals surface area contributed by atoms with Crippen LogP contribution < -0.4 is 20.7 Å². The summed E-state index contributed by atoms with van der Waals surface area (Å²) in [6.45, 7) is 0.986. The van der Waals surface area contributed by atoms with E-state index in [2.05, 4.69) is 16.0 Å². The number of anilines is 2. The van der Waals surface area contributed by atoms with E-state index in [-0.39, 0.29) is 11.6 Å². The molecule has 2 amide bonds. The molecule has 7 nitrogen and oxygen atoms in total. The first-order valence-corrected chi connectivity index (χ1v) is 12.0. The van der Waals surface area contributed by atoms with Crippen molar-refractivity contribution in [1.82, 2.24) is 5.32 Å². The smallest absolute Gasteiger partial charge is 0.341 e. The number of amides is 2. The standard InChI is InChI=1S/C30H29N3O4/c1-36-29(34)26-21-25(33-30(35)32-20-19-31-24-15-9-4-10-16-24)17-18-27(26)37-28(22-11-5-2-6-12-22)23-13-7-3-8-14-23/h2-18,21,28,31H,19-20H2,1H3,(H2,32,33,35). The molecule has 0 atom stereocenters. The fraction of sp³-hybridized carbons (Fsp3) is 0.133. The summed E-state index contributed by atoms with van der Waals surface area (Å²) in [5, 5.41) is 8.78. The third-order valence-corrected chi connectivity index (χ3v) is 5.61. The second-order valence-corrected chi connectivity index (χ2v) is 8.20. The highest BCUT2D eigenvalue weighted by atomic mass is 16.5. The van der Waals surface area contributed by atoms with Gasteiger partial charge in [-0.05, 0) is 41.5 Å². The predicted octanol–water partition coefficient (Wildman–Crippen LogP) is 5.88. The van der Waals surface area contributed by atoms with Gasteiger partial charge >= 0.3 is 12.0 Å². The van der Waals surface area contributed by atoms with Gasteiger partial charge in [-0.15, -0.1) is 0 Å². The maximum Gasteiger partial charge on any atom is 0.341 e. The summed E-state index contributed by atoms with van der Waals surface area (Å²) < 4.78 is 11.4. The number of benzene rings is 4. The number of carbonyl (C=O) groups is 2. The van der Waals surface area contributed by atoms with Crippen LogP contribution in [-0.2, 0) is 4.74 Å². The molecule has 4 aromatic rings. The van der Waals surface area contributed by atoms with Crippen molar-refractivity contribution < 1.29 is 19.1 Å². The first kappa shape index (κ1) is 25.3. The molecule has 0 bridgehead atoms. The lowest BCUT2D eigenvalue weighted by Gasteiger charge is -2.22. The number of carbonyl (C=O) groups excluding carboxylic acids is 2. The Balaban J connectivity index is 1.46. The molecule has 0 heterocycles. The summed E-state index contributed by atoms with van der Waals surface area (Å²) in [5.41, 5.74) is 3.51. The molecule has 4 aromatic carbocycles. The molecule has 0 saturated carbocycles. The van der Waals surface area contributed by atoms with Crippen molar-refractivity contribution in [1.29, 1.82) is 0 Å². The van der Waals surface area contributed by atoms with E-state index in [1.54, 1.807) is 18.2 Å². The number of ether oxygens (including phenoxy) is 2. The van der Waals surface area contributed by atoms with E-state index in [1.165, 1.54) is 7.11 Å². The van der Waals surface area contributed by atoms with Crippen LogP contribution in [-0.4, -0.2) is 32.2 Å². The molecule has 0 saturated heterocycles. The molecule has 0 spiro atoms. The van der Waals surface area contributed by atoms with E-state index < -0.39 is 12.1 Å². The van der Waals surface area contributed by atoms with Crippen molar-refractivity contribution in [2.75, 3.05) is 30.8 Å². The molecule has 7 heteroatoms. The first-order chi connectivity index (χ1) is 18.1. The molecule has 0 unspecified atom stereocenters. The number of para-hydroxylation sites is 1. The molecular weight excluding hydrogens is 466 g/mol. The van der Waals surface area contributed by atoms with E-state index >= 15 is 0 Å². The molecule has 3 N–H and O–H groups in total. The van der Waals surface area contributed by atoms with Crippen LogP contribution in [0, 0.1) is 0 Å².